The quantitative estimate of drug-likeness (QED) is 0.469. The molecule has 0 amide bonds. The van der Waals surface area contributed by atoms with Gasteiger partial charge in [0.05, 0.1) is 0 Å². The van der Waals surface area contributed by atoms with Gasteiger partial charge in [-0.05, 0) is 19.1 Å². The Morgan fingerprint density at radius 2 is 1.75 bits per heavy atom. The second-order valence-electron chi connectivity index (χ2n) is 3.62. The SMILES string of the molecule is COC(OC)c1nc(C)ccc1OS(=O)(=O)C(F)(F)F. The average Bonchev–Trinajstić information content (AvgIpc) is 2.32. The molecule has 0 saturated carbocycles. The van der Waals surface area contributed by atoms with E-state index in [1.807, 2.05) is 0 Å². The van der Waals surface area contributed by atoms with Crippen LogP contribution in [0.5, 0.6) is 5.75 Å². The number of halogens is 3. The lowest BCUT2D eigenvalue weighted by molar-refractivity contribution is -0.109. The molecule has 0 fully saturated rings. The first-order chi connectivity index (χ1) is 9.12. The van der Waals surface area contributed by atoms with E-state index in [0.717, 1.165) is 6.07 Å². The maximum atomic E-state index is 12.3. The third-order valence-electron chi connectivity index (χ3n) is 2.16. The first-order valence-corrected chi connectivity index (χ1v) is 6.57. The molecule has 0 N–H and O–H groups in total. The minimum atomic E-state index is -5.79. The fourth-order valence-corrected chi connectivity index (χ4v) is 1.76. The number of pyridine rings is 1. The van der Waals surface area contributed by atoms with Crippen molar-refractivity contribution in [3.8, 4) is 5.75 Å². The minimum absolute atomic E-state index is 0.206. The van der Waals surface area contributed by atoms with Crippen molar-refractivity contribution in [3.63, 3.8) is 0 Å². The van der Waals surface area contributed by atoms with Crippen LogP contribution in [0.2, 0.25) is 0 Å². The molecule has 0 radical (unpaired) electrons. The molecule has 0 aliphatic rings. The Kier molecular flexibility index (Phi) is 4.95. The lowest BCUT2D eigenvalue weighted by Gasteiger charge is -2.17. The molecule has 20 heavy (non-hydrogen) atoms. The third kappa shape index (κ3) is 3.58. The van der Waals surface area contributed by atoms with Gasteiger partial charge in [0.25, 0.3) is 0 Å². The van der Waals surface area contributed by atoms with Gasteiger partial charge in [-0.2, -0.15) is 21.6 Å². The molecule has 0 bridgehead atoms. The normalized spacial score (nSPS) is 12.8. The van der Waals surface area contributed by atoms with Gasteiger partial charge in [-0.1, -0.05) is 0 Å². The van der Waals surface area contributed by atoms with E-state index in [1.54, 1.807) is 6.92 Å². The van der Waals surface area contributed by atoms with E-state index in [1.165, 1.54) is 20.3 Å². The molecule has 0 atom stereocenters. The van der Waals surface area contributed by atoms with Crippen LogP contribution in [0.15, 0.2) is 12.1 Å². The molecule has 1 aromatic rings. The van der Waals surface area contributed by atoms with Crippen molar-refractivity contribution in [3.05, 3.63) is 23.5 Å². The van der Waals surface area contributed by atoms with E-state index in [4.69, 9.17) is 9.47 Å². The van der Waals surface area contributed by atoms with Gasteiger partial charge in [-0.15, -0.1) is 0 Å². The van der Waals surface area contributed by atoms with Gasteiger partial charge in [-0.3, -0.25) is 0 Å². The van der Waals surface area contributed by atoms with Crippen LogP contribution in [-0.2, 0) is 19.6 Å². The van der Waals surface area contributed by atoms with E-state index < -0.39 is 27.7 Å². The smallest absolute Gasteiger partial charge is 0.374 e. The highest BCUT2D eigenvalue weighted by molar-refractivity contribution is 7.88. The van der Waals surface area contributed by atoms with E-state index in [9.17, 15) is 21.6 Å². The van der Waals surface area contributed by atoms with Crippen LogP contribution < -0.4 is 4.18 Å². The standard InChI is InChI=1S/C10H12F3NO5S/c1-6-4-5-7(8(14-6)9(17-2)18-3)19-20(15,16)10(11,12)13/h4-5,9H,1-3H3. The summed E-state index contributed by atoms with van der Waals surface area (Å²) in [4.78, 5) is 3.87. The zero-order chi connectivity index (χ0) is 15.6. The number of ether oxygens (including phenoxy) is 2. The van der Waals surface area contributed by atoms with Gasteiger partial charge >= 0.3 is 15.6 Å². The first-order valence-electron chi connectivity index (χ1n) is 5.16. The maximum absolute atomic E-state index is 12.3. The van der Waals surface area contributed by atoms with Crippen LogP contribution in [0.25, 0.3) is 0 Å². The average molecular weight is 315 g/mol. The Balaban J connectivity index is 3.26. The van der Waals surface area contributed by atoms with Crippen molar-refractivity contribution in [1.82, 2.24) is 4.98 Å². The summed E-state index contributed by atoms with van der Waals surface area (Å²) >= 11 is 0. The summed E-state index contributed by atoms with van der Waals surface area (Å²) in [5, 5.41) is 0. The van der Waals surface area contributed by atoms with E-state index >= 15 is 0 Å². The number of hydrogen-bond acceptors (Lipinski definition) is 6. The van der Waals surface area contributed by atoms with Crippen LogP contribution in [-0.4, -0.2) is 33.1 Å². The summed E-state index contributed by atoms with van der Waals surface area (Å²) in [5.74, 6) is -0.610. The van der Waals surface area contributed by atoms with Gasteiger partial charge < -0.3 is 13.7 Å². The molecule has 6 nitrogen and oxygen atoms in total. The van der Waals surface area contributed by atoms with Gasteiger partial charge in [0.2, 0.25) is 6.29 Å². The second kappa shape index (κ2) is 5.94. The molecule has 0 aliphatic heterocycles. The zero-order valence-electron chi connectivity index (χ0n) is 10.8. The maximum Gasteiger partial charge on any atom is 0.534 e. The van der Waals surface area contributed by atoms with E-state index in [-0.39, 0.29) is 5.69 Å². The van der Waals surface area contributed by atoms with Crippen molar-refractivity contribution >= 4 is 10.1 Å². The largest absolute Gasteiger partial charge is 0.534 e. The van der Waals surface area contributed by atoms with Crippen LogP contribution in [0.3, 0.4) is 0 Å². The summed E-state index contributed by atoms with van der Waals surface area (Å²) in [5.41, 5.74) is -5.32. The molecule has 1 aromatic heterocycles. The van der Waals surface area contributed by atoms with Gasteiger partial charge in [0, 0.05) is 19.9 Å². The topological polar surface area (TPSA) is 74.7 Å². The third-order valence-corrected chi connectivity index (χ3v) is 3.13. The van der Waals surface area contributed by atoms with Crippen LogP contribution in [0.1, 0.15) is 17.7 Å². The lowest BCUT2D eigenvalue weighted by atomic mass is 10.3. The van der Waals surface area contributed by atoms with Crippen LogP contribution in [0, 0.1) is 6.92 Å². The van der Waals surface area contributed by atoms with Crippen molar-refractivity contribution in [2.24, 2.45) is 0 Å². The number of methoxy groups -OCH3 is 2. The number of alkyl halides is 3. The van der Waals surface area contributed by atoms with Crippen molar-refractivity contribution in [2.75, 3.05) is 14.2 Å². The molecule has 10 heteroatoms. The fraction of sp³-hybridized carbons (Fsp3) is 0.500. The van der Waals surface area contributed by atoms with Crippen molar-refractivity contribution in [1.29, 1.82) is 0 Å². The summed E-state index contributed by atoms with van der Waals surface area (Å²) in [6.07, 6.45) is -1.16. The predicted octanol–water partition coefficient (Wildman–Crippen LogP) is 1.91. The Bertz CT molecular complexity index is 569. The Morgan fingerprint density at radius 1 is 1.20 bits per heavy atom. The highest BCUT2D eigenvalue weighted by Gasteiger charge is 2.49. The minimum Gasteiger partial charge on any atom is -0.374 e. The molecular formula is C10H12F3NO5S. The van der Waals surface area contributed by atoms with E-state index in [0.29, 0.717) is 5.69 Å². The number of nitrogens with zero attached hydrogens (tertiary/aromatic N) is 1. The van der Waals surface area contributed by atoms with Gasteiger partial charge in [0.15, 0.2) is 5.75 Å². The summed E-state index contributed by atoms with van der Waals surface area (Å²) in [6, 6.07) is 2.35. The molecule has 114 valence electrons. The Morgan fingerprint density at radius 3 is 2.20 bits per heavy atom. The van der Waals surface area contributed by atoms with Crippen molar-refractivity contribution < 1.29 is 35.2 Å². The Hall–Kier alpha value is -1.39. The molecule has 0 unspecified atom stereocenters. The predicted molar refractivity (Wildman–Crippen MR) is 61.3 cm³/mol. The molecule has 0 aromatic carbocycles. The number of aryl methyl sites for hydroxylation is 1. The summed E-state index contributed by atoms with van der Waals surface area (Å²) in [7, 11) is -3.34. The van der Waals surface area contributed by atoms with E-state index in [2.05, 4.69) is 9.17 Å². The highest BCUT2D eigenvalue weighted by atomic mass is 32.2. The molecule has 1 heterocycles. The first kappa shape index (κ1) is 16.7. The molecule has 0 saturated heterocycles. The number of hydrogen-bond donors (Lipinski definition) is 0. The van der Waals surface area contributed by atoms with Crippen LogP contribution in [0.4, 0.5) is 13.2 Å². The number of rotatable bonds is 5. The highest BCUT2D eigenvalue weighted by Crippen LogP contribution is 2.31. The molecule has 0 aliphatic carbocycles. The van der Waals surface area contributed by atoms with Gasteiger partial charge in [-0.25, -0.2) is 4.98 Å². The summed E-state index contributed by atoms with van der Waals surface area (Å²) < 4.78 is 72.6. The van der Waals surface area contributed by atoms with Gasteiger partial charge in [0.1, 0.15) is 5.69 Å². The second-order valence-corrected chi connectivity index (χ2v) is 5.16. The monoisotopic (exact) mass is 315 g/mol. The zero-order valence-corrected chi connectivity index (χ0v) is 11.6. The van der Waals surface area contributed by atoms with Crippen molar-refractivity contribution in [2.45, 2.75) is 18.7 Å². The molecule has 1 rings (SSSR count). The Labute approximate surface area is 113 Å². The molecular weight excluding hydrogens is 303 g/mol. The number of aromatic nitrogens is 1. The fourth-order valence-electron chi connectivity index (χ4n) is 1.29. The summed E-state index contributed by atoms with van der Waals surface area (Å²) in [6.45, 7) is 1.56. The lowest BCUT2D eigenvalue weighted by Crippen LogP contribution is -2.28. The van der Waals surface area contributed by atoms with Crippen LogP contribution >= 0.6 is 0 Å². The molecule has 0 spiro atoms.